The Bertz CT molecular complexity index is 3600. The van der Waals surface area contributed by atoms with Crippen LogP contribution in [-0.2, 0) is 0 Å². The van der Waals surface area contributed by atoms with E-state index in [2.05, 4.69) is 223 Å². The average molecular weight is 764 g/mol. The van der Waals surface area contributed by atoms with Gasteiger partial charge in [-0.25, -0.2) is 0 Å². The molecule has 0 saturated carbocycles. The van der Waals surface area contributed by atoms with Gasteiger partial charge in [0.05, 0.1) is 5.69 Å². The molecule has 0 N–H and O–H groups in total. The highest BCUT2D eigenvalue weighted by atomic mass is 16.3. The summed E-state index contributed by atoms with van der Waals surface area (Å²) < 4.78 is 6.59. The van der Waals surface area contributed by atoms with Gasteiger partial charge in [-0.3, -0.25) is 0 Å². The van der Waals surface area contributed by atoms with Gasteiger partial charge in [0.2, 0.25) is 0 Å². The molecule has 11 aromatic carbocycles. The number of hydrogen-bond donors (Lipinski definition) is 0. The largest absolute Gasteiger partial charge is 0.455 e. The number of anilines is 3. The summed E-state index contributed by atoms with van der Waals surface area (Å²) in [4.78, 5) is 2.46. The van der Waals surface area contributed by atoms with Crippen LogP contribution in [-0.4, -0.2) is 0 Å². The van der Waals surface area contributed by atoms with Gasteiger partial charge in [-0.05, 0) is 102 Å². The van der Waals surface area contributed by atoms with Crippen molar-refractivity contribution in [2.75, 3.05) is 4.90 Å². The van der Waals surface area contributed by atoms with Crippen molar-refractivity contribution >= 4 is 82.1 Å². The zero-order chi connectivity index (χ0) is 39.6. The second kappa shape index (κ2) is 13.9. The second-order valence-electron chi connectivity index (χ2n) is 15.6. The standard InChI is InChI=1S/C58H37NO/c1-3-17-38(18-4-1)56-51-29-12-10-26-47(51)48-34-33-43(37-53(48)57(56)39-19-5-2-6-20-39)59(54-36-41-21-7-8-24-44(41)46-25-9-11-27-49(46)54)42-23-15-22-40(35-42)45-30-16-31-52-50-28-13-14-32-55(50)60-58(45)52/h1-37H. The Morgan fingerprint density at radius 2 is 0.833 bits per heavy atom. The molecule has 2 nitrogen and oxygen atoms in total. The molecular weight excluding hydrogens is 727 g/mol. The van der Waals surface area contributed by atoms with Gasteiger partial charge >= 0.3 is 0 Å². The smallest absolute Gasteiger partial charge is 0.143 e. The number of furan rings is 1. The molecular formula is C58H37NO. The Morgan fingerprint density at radius 3 is 1.60 bits per heavy atom. The van der Waals surface area contributed by atoms with E-state index in [4.69, 9.17) is 4.42 Å². The summed E-state index contributed by atoms with van der Waals surface area (Å²) in [6.07, 6.45) is 0. The molecule has 1 heterocycles. The molecule has 2 heteroatoms. The number of fused-ring (bicyclic) bond motifs is 9. The highest BCUT2D eigenvalue weighted by Crippen LogP contribution is 2.49. The maximum Gasteiger partial charge on any atom is 0.143 e. The molecule has 280 valence electrons. The van der Waals surface area contributed by atoms with Crippen molar-refractivity contribution in [1.82, 2.24) is 0 Å². The van der Waals surface area contributed by atoms with Gasteiger partial charge < -0.3 is 9.32 Å². The van der Waals surface area contributed by atoms with Crippen molar-refractivity contribution in [2.45, 2.75) is 0 Å². The van der Waals surface area contributed by atoms with Gasteiger partial charge in [-0.2, -0.15) is 0 Å². The van der Waals surface area contributed by atoms with Crippen LogP contribution in [0, 0.1) is 0 Å². The number of hydrogen-bond acceptors (Lipinski definition) is 2. The van der Waals surface area contributed by atoms with Crippen LogP contribution < -0.4 is 4.90 Å². The first-order valence-corrected chi connectivity index (χ1v) is 20.6. The van der Waals surface area contributed by atoms with Crippen molar-refractivity contribution in [3.63, 3.8) is 0 Å². The lowest BCUT2D eigenvalue weighted by Gasteiger charge is -2.29. The minimum Gasteiger partial charge on any atom is -0.455 e. The lowest BCUT2D eigenvalue weighted by molar-refractivity contribution is 0.670. The first-order chi connectivity index (χ1) is 29.8. The van der Waals surface area contributed by atoms with Crippen LogP contribution in [0.4, 0.5) is 17.1 Å². The number of benzene rings is 11. The third kappa shape index (κ3) is 5.42. The minimum absolute atomic E-state index is 0.896. The molecule has 0 saturated heterocycles. The normalized spacial score (nSPS) is 11.7. The van der Waals surface area contributed by atoms with Crippen LogP contribution in [0.15, 0.2) is 229 Å². The van der Waals surface area contributed by atoms with Crippen molar-refractivity contribution < 1.29 is 4.42 Å². The van der Waals surface area contributed by atoms with E-state index in [0.717, 1.165) is 50.1 Å². The van der Waals surface area contributed by atoms with Gasteiger partial charge in [0, 0.05) is 33.1 Å². The Balaban J connectivity index is 1.17. The lowest BCUT2D eigenvalue weighted by Crippen LogP contribution is -2.11. The summed E-state index contributed by atoms with van der Waals surface area (Å²) in [5.74, 6) is 0. The van der Waals surface area contributed by atoms with Crippen molar-refractivity contribution in [3.05, 3.63) is 224 Å². The molecule has 0 aliphatic carbocycles. The van der Waals surface area contributed by atoms with Gasteiger partial charge in [0.15, 0.2) is 0 Å². The summed E-state index contributed by atoms with van der Waals surface area (Å²) in [5.41, 5.74) is 12.1. The molecule has 60 heavy (non-hydrogen) atoms. The highest BCUT2D eigenvalue weighted by Gasteiger charge is 2.23. The molecule has 12 aromatic rings. The number of rotatable bonds is 6. The van der Waals surface area contributed by atoms with E-state index in [1.165, 1.54) is 65.3 Å². The van der Waals surface area contributed by atoms with Crippen molar-refractivity contribution in [1.29, 1.82) is 0 Å². The molecule has 0 aliphatic heterocycles. The Morgan fingerprint density at radius 1 is 0.300 bits per heavy atom. The van der Waals surface area contributed by atoms with Crippen LogP contribution in [0.1, 0.15) is 0 Å². The molecule has 1 aromatic heterocycles. The molecule has 0 atom stereocenters. The average Bonchev–Trinajstić information content (AvgIpc) is 3.71. The maximum absolute atomic E-state index is 6.59. The molecule has 0 aliphatic rings. The highest BCUT2D eigenvalue weighted by molar-refractivity contribution is 6.23. The summed E-state index contributed by atoms with van der Waals surface area (Å²) in [5, 5.41) is 12.0. The molecule has 0 unspecified atom stereocenters. The minimum atomic E-state index is 0.896. The van der Waals surface area contributed by atoms with Crippen LogP contribution in [0.25, 0.3) is 98.4 Å². The third-order valence-corrected chi connectivity index (χ3v) is 12.2. The monoisotopic (exact) mass is 763 g/mol. The zero-order valence-electron chi connectivity index (χ0n) is 32.7. The van der Waals surface area contributed by atoms with E-state index in [-0.39, 0.29) is 0 Å². The van der Waals surface area contributed by atoms with Crippen LogP contribution in [0.5, 0.6) is 0 Å². The fourth-order valence-corrected chi connectivity index (χ4v) is 9.56. The van der Waals surface area contributed by atoms with E-state index in [9.17, 15) is 0 Å². The maximum atomic E-state index is 6.59. The van der Waals surface area contributed by atoms with Crippen LogP contribution in [0.2, 0.25) is 0 Å². The van der Waals surface area contributed by atoms with E-state index in [0.29, 0.717) is 0 Å². The van der Waals surface area contributed by atoms with Gasteiger partial charge in [-0.15, -0.1) is 0 Å². The van der Waals surface area contributed by atoms with Gasteiger partial charge in [0.25, 0.3) is 0 Å². The van der Waals surface area contributed by atoms with Gasteiger partial charge in [-0.1, -0.05) is 188 Å². The predicted molar refractivity (Wildman–Crippen MR) is 255 cm³/mol. The van der Waals surface area contributed by atoms with E-state index < -0.39 is 0 Å². The quantitative estimate of drug-likeness (QED) is 0.157. The molecule has 0 spiro atoms. The Labute approximate surface area is 347 Å². The van der Waals surface area contributed by atoms with Gasteiger partial charge in [0.1, 0.15) is 11.2 Å². The first-order valence-electron chi connectivity index (χ1n) is 20.6. The molecule has 0 radical (unpaired) electrons. The van der Waals surface area contributed by atoms with Crippen molar-refractivity contribution in [2.24, 2.45) is 0 Å². The summed E-state index contributed by atoms with van der Waals surface area (Å²) in [7, 11) is 0. The van der Waals surface area contributed by atoms with Crippen LogP contribution >= 0.6 is 0 Å². The van der Waals surface area contributed by atoms with E-state index in [1.54, 1.807) is 0 Å². The topological polar surface area (TPSA) is 16.4 Å². The molecule has 0 fully saturated rings. The fraction of sp³-hybridized carbons (Fsp3) is 0. The predicted octanol–water partition coefficient (Wildman–Crippen LogP) is 16.7. The molecule has 0 amide bonds. The Kier molecular flexibility index (Phi) is 7.89. The third-order valence-electron chi connectivity index (χ3n) is 12.2. The summed E-state index contributed by atoms with van der Waals surface area (Å²) in [6, 6.07) is 81.4. The second-order valence-corrected chi connectivity index (χ2v) is 15.6. The first kappa shape index (κ1) is 34.1. The van der Waals surface area contributed by atoms with Crippen molar-refractivity contribution in [3.8, 4) is 33.4 Å². The van der Waals surface area contributed by atoms with E-state index >= 15 is 0 Å². The molecule has 12 rings (SSSR count). The summed E-state index contributed by atoms with van der Waals surface area (Å²) in [6.45, 7) is 0. The zero-order valence-corrected chi connectivity index (χ0v) is 32.7. The summed E-state index contributed by atoms with van der Waals surface area (Å²) >= 11 is 0. The number of nitrogens with zero attached hydrogens (tertiary/aromatic N) is 1. The lowest BCUT2D eigenvalue weighted by atomic mass is 9.85. The Hall–Kier alpha value is -7.94. The molecule has 0 bridgehead atoms. The SMILES string of the molecule is c1ccc(-c2c(-c3ccccc3)c3cc(N(c4cccc(-c5cccc6c5oc5ccccc56)c4)c4cc5ccccc5c5ccccc45)ccc3c3ccccc23)cc1. The fourth-order valence-electron chi connectivity index (χ4n) is 9.56. The number of para-hydroxylation sites is 2. The van der Waals surface area contributed by atoms with Crippen LogP contribution in [0.3, 0.4) is 0 Å². The van der Waals surface area contributed by atoms with E-state index in [1.807, 2.05) is 6.07 Å².